The van der Waals surface area contributed by atoms with Crippen molar-refractivity contribution in [2.24, 2.45) is 11.7 Å². The minimum Gasteiger partial charge on any atom is -0.486 e. The molecule has 0 aromatic heterocycles. The second-order valence-corrected chi connectivity index (χ2v) is 5.51. The molecule has 0 spiro atoms. The van der Waals surface area contributed by atoms with Gasteiger partial charge in [-0.2, -0.15) is 0 Å². The van der Waals surface area contributed by atoms with Crippen molar-refractivity contribution in [3.63, 3.8) is 0 Å². The van der Waals surface area contributed by atoms with Crippen LogP contribution >= 0.6 is 0 Å². The van der Waals surface area contributed by atoms with Gasteiger partial charge < -0.3 is 20.5 Å². The number of hydrogen-bond donors (Lipinski definition) is 2. The van der Waals surface area contributed by atoms with Gasteiger partial charge in [0.2, 0.25) is 5.91 Å². The third-order valence-corrected chi connectivity index (χ3v) is 3.92. The molecule has 5 heteroatoms. The van der Waals surface area contributed by atoms with Crippen molar-refractivity contribution in [1.82, 2.24) is 5.32 Å². The van der Waals surface area contributed by atoms with Gasteiger partial charge in [-0.05, 0) is 31.4 Å². The topological polar surface area (TPSA) is 73.6 Å². The van der Waals surface area contributed by atoms with Gasteiger partial charge >= 0.3 is 0 Å². The molecule has 1 aromatic carbocycles. The molecule has 1 aliphatic heterocycles. The van der Waals surface area contributed by atoms with Crippen LogP contribution in [-0.2, 0) is 4.79 Å². The van der Waals surface area contributed by atoms with Gasteiger partial charge in [-0.15, -0.1) is 0 Å². The Morgan fingerprint density at radius 3 is 2.85 bits per heavy atom. The molecule has 20 heavy (non-hydrogen) atoms. The first-order chi connectivity index (χ1) is 9.72. The van der Waals surface area contributed by atoms with E-state index in [9.17, 15) is 4.79 Å². The van der Waals surface area contributed by atoms with Gasteiger partial charge in [0.15, 0.2) is 11.5 Å². The van der Waals surface area contributed by atoms with Crippen LogP contribution < -0.4 is 20.5 Å². The van der Waals surface area contributed by atoms with Crippen molar-refractivity contribution in [1.29, 1.82) is 0 Å². The lowest BCUT2D eigenvalue weighted by molar-refractivity contribution is -0.125. The van der Waals surface area contributed by atoms with Crippen molar-refractivity contribution in [3.8, 4) is 11.5 Å². The molecule has 3 rings (SSSR count). The first kappa shape index (κ1) is 13.2. The highest BCUT2D eigenvalue weighted by Gasteiger charge is 2.28. The van der Waals surface area contributed by atoms with Gasteiger partial charge in [0, 0.05) is 12.0 Å². The lowest BCUT2D eigenvalue weighted by atomic mass is 10.1. The molecule has 1 aromatic rings. The van der Waals surface area contributed by atoms with E-state index >= 15 is 0 Å². The third kappa shape index (κ3) is 2.88. The molecule has 0 saturated heterocycles. The number of rotatable bonds is 3. The van der Waals surface area contributed by atoms with Crippen LogP contribution in [0.4, 0.5) is 0 Å². The number of nitrogens with two attached hydrogens (primary N) is 1. The summed E-state index contributed by atoms with van der Waals surface area (Å²) in [5.41, 5.74) is 5.83. The normalized spacial score (nSPS) is 28.1. The Bertz CT molecular complexity index is 492. The molecule has 0 radical (unpaired) electrons. The van der Waals surface area contributed by atoms with Crippen LogP contribution in [0.5, 0.6) is 11.5 Å². The van der Waals surface area contributed by atoms with Crippen molar-refractivity contribution < 1.29 is 14.3 Å². The molecule has 1 saturated carbocycles. The van der Waals surface area contributed by atoms with Crippen LogP contribution in [0.2, 0.25) is 0 Å². The minimum absolute atomic E-state index is 0.0572. The van der Waals surface area contributed by atoms with Gasteiger partial charge in [0.1, 0.15) is 12.7 Å². The molecule has 3 unspecified atom stereocenters. The molecule has 3 N–H and O–H groups in total. The third-order valence-electron chi connectivity index (χ3n) is 3.92. The average Bonchev–Trinajstić information content (AvgIpc) is 2.91. The summed E-state index contributed by atoms with van der Waals surface area (Å²) >= 11 is 0. The maximum atomic E-state index is 12.0. The van der Waals surface area contributed by atoms with E-state index < -0.39 is 0 Å². The first-order valence-electron chi connectivity index (χ1n) is 7.14. The number of amides is 1. The zero-order valence-electron chi connectivity index (χ0n) is 11.4. The van der Waals surface area contributed by atoms with Crippen LogP contribution in [0.3, 0.4) is 0 Å². The zero-order valence-corrected chi connectivity index (χ0v) is 11.4. The van der Waals surface area contributed by atoms with Crippen LogP contribution in [0.15, 0.2) is 24.3 Å². The molecule has 1 aliphatic carbocycles. The summed E-state index contributed by atoms with van der Waals surface area (Å²) in [6.07, 6.45) is 2.48. The van der Waals surface area contributed by atoms with E-state index in [2.05, 4.69) is 5.32 Å². The van der Waals surface area contributed by atoms with Gasteiger partial charge in [0.05, 0.1) is 6.54 Å². The minimum atomic E-state index is -0.135. The molecule has 1 fully saturated rings. The fourth-order valence-electron chi connectivity index (χ4n) is 2.78. The summed E-state index contributed by atoms with van der Waals surface area (Å²) in [5.74, 6) is 1.64. The molecular weight excluding hydrogens is 256 g/mol. The summed E-state index contributed by atoms with van der Waals surface area (Å²) in [5, 5.41) is 2.95. The highest BCUT2D eigenvalue weighted by molar-refractivity contribution is 5.79. The van der Waals surface area contributed by atoms with E-state index in [1.165, 1.54) is 0 Å². The number of nitrogens with one attached hydrogen (secondary N) is 1. The molecular formula is C15H20N2O3. The van der Waals surface area contributed by atoms with Crippen LogP contribution in [-0.4, -0.2) is 31.2 Å². The quantitative estimate of drug-likeness (QED) is 0.866. The van der Waals surface area contributed by atoms with Gasteiger partial charge in [-0.3, -0.25) is 4.79 Å². The summed E-state index contributed by atoms with van der Waals surface area (Å²) in [6, 6.07) is 7.74. The number of ether oxygens (including phenoxy) is 2. The number of hydrogen-bond acceptors (Lipinski definition) is 4. The number of carbonyl (C=O) groups excluding carboxylic acids is 1. The zero-order chi connectivity index (χ0) is 13.9. The smallest absolute Gasteiger partial charge is 0.223 e. The Morgan fingerprint density at radius 1 is 1.30 bits per heavy atom. The average molecular weight is 276 g/mol. The largest absolute Gasteiger partial charge is 0.486 e. The Hall–Kier alpha value is -1.75. The summed E-state index contributed by atoms with van der Waals surface area (Å²) < 4.78 is 11.4. The number of para-hydroxylation sites is 2. The van der Waals surface area contributed by atoms with Crippen molar-refractivity contribution in [2.75, 3.05) is 13.2 Å². The van der Waals surface area contributed by atoms with E-state index in [-0.39, 0.29) is 24.0 Å². The fraction of sp³-hybridized carbons (Fsp3) is 0.533. The summed E-state index contributed by atoms with van der Waals surface area (Å²) in [7, 11) is 0. The maximum Gasteiger partial charge on any atom is 0.223 e. The fourth-order valence-corrected chi connectivity index (χ4v) is 2.78. The maximum absolute atomic E-state index is 12.0. The molecule has 0 bridgehead atoms. The lowest BCUT2D eigenvalue weighted by Gasteiger charge is -2.26. The summed E-state index contributed by atoms with van der Waals surface area (Å²) in [4.78, 5) is 12.0. The standard InChI is InChI=1S/C15H20N2O3/c16-11-6-5-10(7-11)15(18)17-8-12-9-19-13-3-1-2-4-14(13)20-12/h1-4,10-12H,5-9,16H2,(H,17,18). The van der Waals surface area contributed by atoms with Crippen LogP contribution in [0, 0.1) is 5.92 Å². The SMILES string of the molecule is NC1CCC(C(=O)NCC2COc3ccccc3O2)C1. The van der Waals surface area contributed by atoms with Gasteiger partial charge in [-0.25, -0.2) is 0 Å². The molecule has 108 valence electrons. The summed E-state index contributed by atoms with van der Waals surface area (Å²) in [6.45, 7) is 0.931. The van der Waals surface area contributed by atoms with Gasteiger partial charge in [-0.1, -0.05) is 12.1 Å². The number of benzene rings is 1. The van der Waals surface area contributed by atoms with E-state index in [0.29, 0.717) is 13.2 Å². The molecule has 1 heterocycles. The van der Waals surface area contributed by atoms with Crippen LogP contribution in [0.25, 0.3) is 0 Å². The second kappa shape index (κ2) is 5.71. The van der Waals surface area contributed by atoms with Crippen LogP contribution in [0.1, 0.15) is 19.3 Å². The van der Waals surface area contributed by atoms with E-state index in [4.69, 9.17) is 15.2 Å². The van der Waals surface area contributed by atoms with E-state index in [0.717, 1.165) is 30.8 Å². The molecule has 1 amide bonds. The Morgan fingerprint density at radius 2 is 2.10 bits per heavy atom. The van der Waals surface area contributed by atoms with Crippen molar-refractivity contribution >= 4 is 5.91 Å². The Kier molecular flexibility index (Phi) is 3.78. The monoisotopic (exact) mass is 276 g/mol. The second-order valence-electron chi connectivity index (χ2n) is 5.51. The predicted molar refractivity (Wildman–Crippen MR) is 74.7 cm³/mol. The lowest BCUT2D eigenvalue weighted by Crippen LogP contribution is -2.42. The highest BCUT2D eigenvalue weighted by atomic mass is 16.6. The van der Waals surface area contributed by atoms with Crippen molar-refractivity contribution in [3.05, 3.63) is 24.3 Å². The first-order valence-corrected chi connectivity index (χ1v) is 7.14. The van der Waals surface area contributed by atoms with E-state index in [1.807, 2.05) is 24.3 Å². The Balaban J connectivity index is 1.49. The predicted octanol–water partition coefficient (Wildman–Crippen LogP) is 1.07. The highest BCUT2D eigenvalue weighted by Crippen LogP contribution is 2.30. The number of carbonyl (C=O) groups is 1. The molecule has 2 aliphatic rings. The Labute approximate surface area is 118 Å². The molecule has 5 nitrogen and oxygen atoms in total. The number of fused-ring (bicyclic) bond motifs is 1. The molecule has 3 atom stereocenters. The van der Waals surface area contributed by atoms with Crippen molar-refractivity contribution in [2.45, 2.75) is 31.4 Å². The van der Waals surface area contributed by atoms with E-state index in [1.54, 1.807) is 0 Å². The van der Waals surface area contributed by atoms with Gasteiger partial charge in [0.25, 0.3) is 0 Å².